The van der Waals surface area contributed by atoms with E-state index in [-0.39, 0.29) is 43.3 Å². The highest BCUT2D eigenvalue weighted by molar-refractivity contribution is 5.70. The number of hydrogen-bond donors (Lipinski definition) is 3. The highest BCUT2D eigenvalue weighted by Crippen LogP contribution is 2.06. The molecule has 0 aromatic rings. The van der Waals surface area contributed by atoms with Gasteiger partial charge in [-0.25, -0.2) is 0 Å². The number of rotatable bonds is 37. The van der Waals surface area contributed by atoms with E-state index in [1.54, 1.807) is 0 Å². The van der Waals surface area contributed by atoms with Crippen LogP contribution in [-0.2, 0) is 38.1 Å². The molecule has 3 N–H and O–H groups in total. The number of hydrogen-bond acceptors (Lipinski definition) is 16. The summed E-state index contributed by atoms with van der Waals surface area (Å²) in [5.74, 6) is -0.925. The van der Waals surface area contributed by atoms with Gasteiger partial charge in [-0.05, 0) is 117 Å². The van der Waals surface area contributed by atoms with Crippen LogP contribution in [0.1, 0.15) is 96.3 Å². The van der Waals surface area contributed by atoms with E-state index in [1.165, 1.54) is 0 Å². The average Bonchev–Trinajstić information content (AvgIpc) is 3.23. The van der Waals surface area contributed by atoms with Crippen molar-refractivity contribution < 1.29 is 43.2 Å². The minimum absolute atomic E-state index is 0.147. The summed E-state index contributed by atoms with van der Waals surface area (Å²) in [7, 11) is 4.32. The summed E-state index contributed by atoms with van der Waals surface area (Å²) in [6, 6.07) is 0. The number of piperazine rings is 2. The van der Waals surface area contributed by atoms with Crippen molar-refractivity contribution in [3.63, 3.8) is 0 Å². The SMILES string of the molecule is CN1CCN(CCCNCCC(=O)OCCCCCOC(=O)CCN(CCCCCO)CCC(=O)OCCCCCOC(=O)CCNCCCN2CCN(C)CC2)CC1. The summed E-state index contributed by atoms with van der Waals surface area (Å²) in [6.07, 6.45) is 10.3. The fraction of sp³-hybridized carbons (Fsp3) is 0.907. The Kier molecular flexibility index (Phi) is 32.4. The van der Waals surface area contributed by atoms with E-state index in [0.29, 0.717) is 78.3 Å². The smallest absolute Gasteiger partial charge is 0.307 e. The molecule has 16 nitrogen and oxygen atoms in total. The molecule has 2 aliphatic heterocycles. The lowest BCUT2D eigenvalue weighted by Gasteiger charge is -2.32. The molecule has 0 bridgehead atoms. The molecule has 0 unspecified atom stereocenters. The molecule has 59 heavy (non-hydrogen) atoms. The first-order chi connectivity index (χ1) is 28.7. The third-order valence-corrected chi connectivity index (χ3v) is 10.9. The van der Waals surface area contributed by atoms with E-state index >= 15 is 0 Å². The number of likely N-dealkylation sites (N-methyl/N-ethyl adjacent to an activating group) is 2. The molecule has 2 fully saturated rings. The maximum absolute atomic E-state index is 12.4. The van der Waals surface area contributed by atoms with Gasteiger partial charge in [-0.15, -0.1) is 0 Å². The van der Waals surface area contributed by atoms with Gasteiger partial charge < -0.3 is 59.2 Å². The van der Waals surface area contributed by atoms with Gasteiger partial charge in [0.15, 0.2) is 0 Å². The van der Waals surface area contributed by atoms with E-state index in [1.807, 2.05) is 0 Å². The largest absolute Gasteiger partial charge is 0.466 e. The molecule has 0 amide bonds. The molecular formula is C43H83N7O9. The topological polar surface area (TPSA) is 166 Å². The first kappa shape index (κ1) is 52.7. The Bertz CT molecular complexity index is 1000. The van der Waals surface area contributed by atoms with Gasteiger partial charge in [-0.1, -0.05) is 0 Å². The second-order valence-electron chi connectivity index (χ2n) is 16.1. The van der Waals surface area contributed by atoms with E-state index in [9.17, 15) is 19.2 Å². The molecule has 0 aliphatic carbocycles. The number of nitrogens with zero attached hydrogens (tertiary/aromatic N) is 5. The highest BCUT2D eigenvalue weighted by atomic mass is 16.5. The molecule has 0 saturated carbocycles. The number of aliphatic hydroxyl groups is 1. The second-order valence-corrected chi connectivity index (χ2v) is 16.1. The van der Waals surface area contributed by atoms with Gasteiger partial charge in [-0.3, -0.25) is 19.2 Å². The molecule has 0 spiro atoms. The molecule has 16 heteroatoms. The Morgan fingerprint density at radius 1 is 0.458 bits per heavy atom. The molecule has 2 rings (SSSR count). The molecule has 0 aromatic heterocycles. The van der Waals surface area contributed by atoms with Crippen molar-refractivity contribution in [2.45, 2.75) is 96.3 Å². The number of nitrogens with one attached hydrogen (secondary N) is 2. The van der Waals surface area contributed by atoms with E-state index < -0.39 is 0 Å². The van der Waals surface area contributed by atoms with Crippen LogP contribution >= 0.6 is 0 Å². The van der Waals surface area contributed by atoms with Crippen molar-refractivity contribution in [1.29, 1.82) is 0 Å². The van der Waals surface area contributed by atoms with Gasteiger partial charge in [0.05, 0.1) is 52.1 Å². The van der Waals surface area contributed by atoms with Crippen molar-refractivity contribution in [1.82, 2.24) is 35.1 Å². The summed E-state index contributed by atoms with van der Waals surface area (Å²) >= 11 is 0. The maximum Gasteiger partial charge on any atom is 0.307 e. The van der Waals surface area contributed by atoms with E-state index in [2.05, 4.69) is 49.2 Å². The highest BCUT2D eigenvalue weighted by Gasteiger charge is 2.15. The molecule has 344 valence electrons. The van der Waals surface area contributed by atoms with Crippen LogP contribution in [0.4, 0.5) is 0 Å². The van der Waals surface area contributed by atoms with Gasteiger partial charge in [0, 0.05) is 85.1 Å². The first-order valence-corrected chi connectivity index (χ1v) is 22.9. The quantitative estimate of drug-likeness (QED) is 0.0472. The van der Waals surface area contributed by atoms with E-state index in [4.69, 9.17) is 24.1 Å². The van der Waals surface area contributed by atoms with Crippen molar-refractivity contribution in [3.05, 3.63) is 0 Å². The van der Waals surface area contributed by atoms with Crippen LogP contribution in [-0.4, -0.2) is 212 Å². The Hall–Kier alpha value is -2.44. The lowest BCUT2D eigenvalue weighted by molar-refractivity contribution is -0.145. The Morgan fingerprint density at radius 3 is 1.22 bits per heavy atom. The van der Waals surface area contributed by atoms with Crippen molar-refractivity contribution in [3.8, 4) is 0 Å². The summed E-state index contributed by atoms with van der Waals surface area (Å²) in [5, 5.41) is 15.8. The van der Waals surface area contributed by atoms with Crippen LogP contribution in [0.15, 0.2) is 0 Å². The molecule has 2 aliphatic rings. The van der Waals surface area contributed by atoms with Gasteiger partial charge in [0.1, 0.15) is 0 Å². The summed E-state index contributed by atoms with van der Waals surface area (Å²) < 4.78 is 21.5. The lowest BCUT2D eigenvalue weighted by atomic mass is 10.2. The second kappa shape index (κ2) is 36.2. The zero-order valence-electron chi connectivity index (χ0n) is 37.1. The number of aliphatic hydroxyl groups excluding tert-OH is 1. The number of carbonyl (C=O) groups is 4. The van der Waals surface area contributed by atoms with Crippen LogP contribution in [0.3, 0.4) is 0 Å². The van der Waals surface area contributed by atoms with Gasteiger partial charge >= 0.3 is 23.9 Å². The number of esters is 4. The van der Waals surface area contributed by atoms with Crippen LogP contribution in [0, 0.1) is 0 Å². The minimum atomic E-state index is -0.273. The standard InChI is InChI=1S/C43H83N7O9/c1-46-27-31-49(32-28-46)23-12-18-44-20-14-40(52)56-36-8-4-10-38-58-42(54)16-25-48(22-6-3-7-35-51)26-17-43(55)59-39-11-5-9-37-57-41(53)15-21-45-19-13-24-50-33-29-47(2)30-34-50/h44-45,51H,3-39H2,1-2H3. The van der Waals surface area contributed by atoms with Crippen LogP contribution < -0.4 is 10.6 Å². The predicted molar refractivity (Wildman–Crippen MR) is 230 cm³/mol. The lowest BCUT2D eigenvalue weighted by Crippen LogP contribution is -2.45. The van der Waals surface area contributed by atoms with Crippen LogP contribution in [0.2, 0.25) is 0 Å². The third kappa shape index (κ3) is 31.1. The summed E-state index contributed by atoms with van der Waals surface area (Å²) in [5.41, 5.74) is 0. The predicted octanol–water partition coefficient (Wildman–Crippen LogP) is 1.98. The number of carbonyl (C=O) groups excluding carboxylic acids is 4. The molecule has 0 atom stereocenters. The molecule has 0 aromatic carbocycles. The Balaban J connectivity index is 1.41. The van der Waals surface area contributed by atoms with Gasteiger partial charge in [0.2, 0.25) is 0 Å². The zero-order chi connectivity index (χ0) is 42.6. The Morgan fingerprint density at radius 2 is 0.831 bits per heavy atom. The zero-order valence-corrected chi connectivity index (χ0v) is 37.1. The number of ether oxygens (including phenoxy) is 4. The van der Waals surface area contributed by atoms with Crippen molar-refractivity contribution in [2.24, 2.45) is 0 Å². The molecule has 2 saturated heterocycles. The summed E-state index contributed by atoms with van der Waals surface area (Å²) in [6.45, 7) is 17.5. The fourth-order valence-electron chi connectivity index (χ4n) is 6.88. The third-order valence-electron chi connectivity index (χ3n) is 10.9. The molecular weight excluding hydrogens is 759 g/mol. The molecule has 0 radical (unpaired) electrons. The first-order valence-electron chi connectivity index (χ1n) is 22.9. The van der Waals surface area contributed by atoms with E-state index in [0.717, 1.165) is 143 Å². The monoisotopic (exact) mass is 842 g/mol. The minimum Gasteiger partial charge on any atom is -0.466 e. The normalized spacial score (nSPS) is 15.7. The fourth-order valence-corrected chi connectivity index (χ4v) is 6.88. The number of unbranched alkanes of at least 4 members (excludes halogenated alkanes) is 6. The van der Waals surface area contributed by atoms with Gasteiger partial charge in [0.25, 0.3) is 0 Å². The van der Waals surface area contributed by atoms with Crippen LogP contribution in [0.25, 0.3) is 0 Å². The summed E-state index contributed by atoms with van der Waals surface area (Å²) in [4.78, 5) is 60.7. The molecule has 2 heterocycles. The van der Waals surface area contributed by atoms with Gasteiger partial charge in [-0.2, -0.15) is 0 Å². The van der Waals surface area contributed by atoms with Crippen LogP contribution in [0.5, 0.6) is 0 Å². The Labute approximate surface area is 356 Å². The van der Waals surface area contributed by atoms with Crippen molar-refractivity contribution in [2.75, 3.05) is 158 Å². The average molecular weight is 842 g/mol. The maximum atomic E-state index is 12.4. The van der Waals surface area contributed by atoms with Crippen molar-refractivity contribution >= 4 is 23.9 Å².